The Morgan fingerprint density at radius 1 is 1.02 bits per heavy atom. The van der Waals surface area contributed by atoms with Crippen molar-refractivity contribution in [2.45, 2.75) is 78.2 Å². The molecular formula is C30H40N10O6. The lowest BCUT2D eigenvalue weighted by atomic mass is 10.0. The number of carbonyl (C=O) groups is 5. The highest BCUT2D eigenvalue weighted by Crippen LogP contribution is 2.12. The van der Waals surface area contributed by atoms with Gasteiger partial charge in [-0.15, -0.1) is 5.10 Å². The number of hydrogen-bond donors (Lipinski definition) is 4. The van der Waals surface area contributed by atoms with Crippen LogP contribution in [-0.2, 0) is 38.7 Å². The predicted octanol–water partition coefficient (Wildman–Crippen LogP) is -0.105. The van der Waals surface area contributed by atoms with E-state index in [9.17, 15) is 24.0 Å². The molecule has 3 atom stereocenters. The van der Waals surface area contributed by atoms with Gasteiger partial charge in [0.05, 0.1) is 13.1 Å². The number of fused-ring (bicyclic) bond motifs is 2. The summed E-state index contributed by atoms with van der Waals surface area (Å²) in [6.45, 7) is 7.35. The van der Waals surface area contributed by atoms with Crippen molar-refractivity contribution in [3.63, 3.8) is 0 Å². The van der Waals surface area contributed by atoms with Gasteiger partial charge in [0.25, 0.3) is 5.91 Å². The molecule has 2 aromatic heterocycles. The Labute approximate surface area is 266 Å². The molecule has 46 heavy (non-hydrogen) atoms. The summed E-state index contributed by atoms with van der Waals surface area (Å²) in [5.74, 6) is -1.70. The summed E-state index contributed by atoms with van der Waals surface area (Å²) in [6.07, 6.45) is 0.547. The molecule has 16 nitrogen and oxygen atoms in total. The van der Waals surface area contributed by atoms with Crippen LogP contribution in [0.25, 0.3) is 0 Å². The summed E-state index contributed by atoms with van der Waals surface area (Å²) in [7, 11) is 0. The zero-order chi connectivity index (χ0) is 33.2. The summed E-state index contributed by atoms with van der Waals surface area (Å²) in [5, 5.41) is 26.0. The first-order valence-electron chi connectivity index (χ1n) is 15.2. The van der Waals surface area contributed by atoms with E-state index < -0.39 is 41.8 Å². The second-order valence-electron chi connectivity index (χ2n) is 11.6. The lowest BCUT2D eigenvalue weighted by Crippen LogP contribution is -2.57. The van der Waals surface area contributed by atoms with Crippen LogP contribution in [0.2, 0.25) is 0 Å². The Balaban J connectivity index is 1.60. The predicted molar refractivity (Wildman–Crippen MR) is 162 cm³/mol. The van der Waals surface area contributed by atoms with Crippen molar-refractivity contribution in [3.8, 4) is 0 Å². The van der Waals surface area contributed by atoms with E-state index in [2.05, 4.69) is 41.9 Å². The van der Waals surface area contributed by atoms with E-state index in [-0.39, 0.29) is 62.3 Å². The Hall–Kier alpha value is -5.15. The third kappa shape index (κ3) is 9.42. The van der Waals surface area contributed by atoms with Crippen molar-refractivity contribution < 1.29 is 28.5 Å². The molecule has 2 bridgehead atoms. The largest absolute Gasteiger partial charge is 0.359 e. The molecule has 0 aliphatic carbocycles. The van der Waals surface area contributed by atoms with Gasteiger partial charge < -0.3 is 30.7 Å². The van der Waals surface area contributed by atoms with E-state index in [0.717, 1.165) is 5.56 Å². The molecule has 0 radical (unpaired) electrons. The number of nitrogens with one attached hydrogen (secondary N) is 4. The molecular weight excluding hydrogens is 596 g/mol. The van der Waals surface area contributed by atoms with Crippen molar-refractivity contribution in [2.24, 2.45) is 5.92 Å². The maximum Gasteiger partial charge on any atom is 0.274 e. The average Bonchev–Trinajstić information content (AvgIpc) is 3.67. The van der Waals surface area contributed by atoms with E-state index in [1.165, 1.54) is 22.6 Å². The van der Waals surface area contributed by atoms with Crippen molar-refractivity contribution >= 4 is 29.5 Å². The third-order valence-electron chi connectivity index (χ3n) is 7.42. The summed E-state index contributed by atoms with van der Waals surface area (Å²) >= 11 is 0. The maximum absolute atomic E-state index is 13.5. The molecule has 246 valence electrons. The van der Waals surface area contributed by atoms with Crippen LogP contribution in [0.4, 0.5) is 0 Å². The second-order valence-corrected chi connectivity index (χ2v) is 11.6. The SMILES string of the molecule is Cc1nnnn1CCC(=O)N1CCNC(=O)[C@@H](Cc2ccccc2)NC(=O)[C@@H](CC(C)C)NC(=O)[C@@H](C)NC(=O)c2cc(on2)C1. The number of nitrogens with zero attached hydrogens (tertiary/aromatic N) is 6. The minimum atomic E-state index is -1.02. The molecule has 0 spiro atoms. The molecule has 1 aliphatic rings. The van der Waals surface area contributed by atoms with Crippen LogP contribution in [0.5, 0.6) is 0 Å². The third-order valence-corrected chi connectivity index (χ3v) is 7.42. The highest BCUT2D eigenvalue weighted by atomic mass is 16.5. The number of carbonyl (C=O) groups excluding carboxylic acids is 5. The second kappa shape index (κ2) is 15.7. The molecule has 4 N–H and O–H groups in total. The van der Waals surface area contributed by atoms with Gasteiger partial charge in [-0.2, -0.15) is 0 Å². The topological polar surface area (TPSA) is 206 Å². The molecule has 3 heterocycles. The first kappa shape index (κ1) is 33.7. The van der Waals surface area contributed by atoms with Gasteiger partial charge in [0.1, 0.15) is 23.9 Å². The number of hydrogen-bond acceptors (Lipinski definition) is 10. The van der Waals surface area contributed by atoms with Crippen molar-refractivity contribution in [2.75, 3.05) is 13.1 Å². The first-order chi connectivity index (χ1) is 22.0. The molecule has 0 fully saturated rings. The smallest absolute Gasteiger partial charge is 0.274 e. The number of aryl methyl sites for hydroxylation is 2. The first-order valence-corrected chi connectivity index (χ1v) is 15.2. The Bertz CT molecular complexity index is 1520. The molecule has 3 aromatic rings. The summed E-state index contributed by atoms with van der Waals surface area (Å²) < 4.78 is 6.86. The number of tetrazole rings is 1. The van der Waals surface area contributed by atoms with Crippen LogP contribution >= 0.6 is 0 Å². The van der Waals surface area contributed by atoms with Crippen molar-refractivity contribution in [1.29, 1.82) is 0 Å². The molecule has 1 aromatic carbocycles. The van der Waals surface area contributed by atoms with Gasteiger partial charge in [-0.3, -0.25) is 24.0 Å². The summed E-state index contributed by atoms with van der Waals surface area (Å²) in [6, 6.07) is 7.65. The summed E-state index contributed by atoms with van der Waals surface area (Å²) in [4.78, 5) is 67.8. The molecule has 1 aliphatic heterocycles. The minimum absolute atomic E-state index is 0.0296. The van der Waals surface area contributed by atoms with Crippen LogP contribution in [0.1, 0.15) is 61.2 Å². The fourth-order valence-electron chi connectivity index (χ4n) is 4.89. The van der Waals surface area contributed by atoms with Crippen LogP contribution in [-0.4, -0.2) is 91.0 Å². The highest BCUT2D eigenvalue weighted by molar-refractivity contribution is 5.97. The zero-order valence-corrected chi connectivity index (χ0v) is 26.4. The van der Waals surface area contributed by atoms with E-state index >= 15 is 0 Å². The fourth-order valence-corrected chi connectivity index (χ4v) is 4.89. The quantitative estimate of drug-likeness (QED) is 0.271. The molecule has 0 unspecified atom stereocenters. The maximum atomic E-state index is 13.5. The van der Waals surface area contributed by atoms with Crippen LogP contribution in [0.3, 0.4) is 0 Å². The lowest BCUT2D eigenvalue weighted by Gasteiger charge is -2.26. The van der Waals surface area contributed by atoms with Gasteiger partial charge in [0, 0.05) is 32.0 Å². The van der Waals surface area contributed by atoms with Gasteiger partial charge in [0.15, 0.2) is 11.5 Å². The highest BCUT2D eigenvalue weighted by Gasteiger charge is 2.30. The number of amides is 5. The van der Waals surface area contributed by atoms with Crippen molar-refractivity contribution in [3.05, 3.63) is 59.2 Å². The molecule has 0 saturated carbocycles. The van der Waals surface area contributed by atoms with Gasteiger partial charge in [0.2, 0.25) is 23.6 Å². The van der Waals surface area contributed by atoms with E-state index in [1.807, 2.05) is 44.2 Å². The monoisotopic (exact) mass is 636 g/mol. The molecule has 0 saturated heterocycles. The number of rotatable bonds is 7. The molecule has 16 heteroatoms. The van der Waals surface area contributed by atoms with Gasteiger partial charge >= 0.3 is 0 Å². The van der Waals surface area contributed by atoms with Crippen LogP contribution in [0, 0.1) is 12.8 Å². The van der Waals surface area contributed by atoms with Gasteiger partial charge in [-0.1, -0.05) is 49.3 Å². The summed E-state index contributed by atoms with van der Waals surface area (Å²) in [5.41, 5.74) is 0.739. The number of benzene rings is 1. The van der Waals surface area contributed by atoms with Gasteiger partial charge in [-0.05, 0) is 42.2 Å². The van der Waals surface area contributed by atoms with E-state index in [0.29, 0.717) is 12.2 Å². The van der Waals surface area contributed by atoms with Crippen molar-refractivity contribution in [1.82, 2.24) is 51.5 Å². The molecule has 5 amide bonds. The Morgan fingerprint density at radius 2 is 1.76 bits per heavy atom. The van der Waals surface area contributed by atoms with E-state index in [1.54, 1.807) is 6.92 Å². The molecule has 4 rings (SSSR count). The van der Waals surface area contributed by atoms with Crippen LogP contribution < -0.4 is 21.3 Å². The normalized spacial score (nSPS) is 20.3. The minimum Gasteiger partial charge on any atom is -0.359 e. The van der Waals surface area contributed by atoms with Gasteiger partial charge in [-0.25, -0.2) is 4.68 Å². The fraction of sp³-hybridized carbons (Fsp3) is 0.500. The standard InChI is InChI=1S/C30H40N10O6/c1-18(2)14-23-29(44)34-24(15-21-8-6-5-7-9-21)28(43)31-11-13-39(26(41)10-12-40-20(4)35-37-38-40)17-22-16-25(36-46-22)30(45)32-19(3)27(42)33-23/h5-9,16,18-19,23-24H,10-15,17H2,1-4H3,(H,31,43)(H,32,45)(H,33,42)(H,34,44)/t19-,23-,24-/m1/s1. The average molecular weight is 637 g/mol. The number of aromatic nitrogens is 5. The Morgan fingerprint density at radius 3 is 2.46 bits per heavy atom. The van der Waals surface area contributed by atoms with E-state index in [4.69, 9.17) is 4.52 Å². The Kier molecular flexibility index (Phi) is 11.5. The van der Waals surface area contributed by atoms with Crippen LogP contribution in [0.15, 0.2) is 40.9 Å². The lowest BCUT2D eigenvalue weighted by molar-refractivity contribution is -0.133. The zero-order valence-electron chi connectivity index (χ0n) is 26.4.